The third kappa shape index (κ3) is 8.78. The van der Waals surface area contributed by atoms with E-state index in [-0.39, 0.29) is 42.8 Å². The number of nitrogens with one attached hydrogen (secondary N) is 2. The number of nitrogens with zero attached hydrogens (tertiary/aromatic N) is 3. The van der Waals surface area contributed by atoms with Crippen LogP contribution in [-0.2, 0) is 19.2 Å². The lowest BCUT2D eigenvalue weighted by molar-refractivity contribution is -0.153. The number of aliphatic imine (C=N–C) groups is 1. The Morgan fingerprint density at radius 1 is 1.30 bits per heavy atom. The van der Waals surface area contributed by atoms with Crippen molar-refractivity contribution in [1.29, 1.82) is 0 Å². The first-order valence-electron chi connectivity index (χ1n) is 9.11. The molecule has 1 aromatic carbocycles. The Morgan fingerprint density at radius 2 is 2.03 bits per heavy atom. The quantitative estimate of drug-likeness (QED) is 0.272. The predicted molar refractivity (Wildman–Crippen MR) is 119 cm³/mol. The number of halogens is 4. The predicted octanol–water partition coefficient (Wildman–Crippen LogP) is 2.94. The second-order valence-electron chi connectivity index (χ2n) is 6.78. The second-order valence-corrected chi connectivity index (χ2v) is 6.78. The topological polar surface area (TPSA) is 83.7 Å². The molecule has 0 radical (unpaired) electrons. The number of alkyl halides is 3. The number of benzene rings is 1. The van der Waals surface area contributed by atoms with Crippen molar-refractivity contribution in [2.24, 2.45) is 12.0 Å². The number of ether oxygens (including phenoxy) is 1. The molecule has 0 aliphatic heterocycles. The van der Waals surface area contributed by atoms with Crippen molar-refractivity contribution in [2.75, 3.05) is 19.7 Å². The van der Waals surface area contributed by atoms with Gasteiger partial charge in [0.15, 0.2) is 12.6 Å². The van der Waals surface area contributed by atoms with Gasteiger partial charge in [0.1, 0.15) is 11.4 Å². The second kappa shape index (κ2) is 11.4. The molecule has 0 spiro atoms. The summed E-state index contributed by atoms with van der Waals surface area (Å²) in [6.07, 6.45) is -1.06. The maximum absolute atomic E-state index is 12.3. The molecular formula is C19H27F3IN5O2. The standard InChI is InChI=1S/C19H26F3N5O2.HI/c1-4-23-17(25-12-18(2,28)15-10-26-27(3)11-15)24-9-14-6-5-7-16(8-14)29-13-19(20,21)22;/h5-8,10-11,28H,4,9,12-13H2,1-3H3,(H2,23,24,25);1H. The number of aryl methyl sites for hydroxylation is 1. The Balaban J connectivity index is 0.00000450. The highest BCUT2D eigenvalue weighted by atomic mass is 127. The summed E-state index contributed by atoms with van der Waals surface area (Å²) >= 11 is 0. The largest absolute Gasteiger partial charge is 0.484 e. The molecule has 0 saturated carbocycles. The average Bonchev–Trinajstić information content (AvgIpc) is 3.09. The van der Waals surface area contributed by atoms with Gasteiger partial charge in [-0.1, -0.05) is 12.1 Å². The fourth-order valence-corrected chi connectivity index (χ4v) is 2.47. The third-order valence-electron chi connectivity index (χ3n) is 3.99. The molecular weight excluding hydrogens is 514 g/mol. The Bertz CT molecular complexity index is 824. The third-order valence-corrected chi connectivity index (χ3v) is 3.99. The molecule has 1 aromatic heterocycles. The van der Waals surface area contributed by atoms with Crippen molar-refractivity contribution in [3.8, 4) is 5.75 Å². The van der Waals surface area contributed by atoms with Crippen LogP contribution in [0.25, 0.3) is 0 Å². The van der Waals surface area contributed by atoms with E-state index in [1.165, 1.54) is 12.1 Å². The summed E-state index contributed by atoms with van der Waals surface area (Å²) in [4.78, 5) is 4.42. The van der Waals surface area contributed by atoms with Gasteiger partial charge in [-0.15, -0.1) is 24.0 Å². The van der Waals surface area contributed by atoms with Crippen molar-refractivity contribution in [1.82, 2.24) is 20.4 Å². The number of aromatic nitrogens is 2. The number of hydrogen-bond donors (Lipinski definition) is 3. The zero-order chi connectivity index (χ0) is 21.5. The van der Waals surface area contributed by atoms with Crippen LogP contribution in [0.2, 0.25) is 0 Å². The van der Waals surface area contributed by atoms with E-state index in [1.54, 1.807) is 43.2 Å². The normalized spacial score (nSPS) is 13.9. The summed E-state index contributed by atoms with van der Waals surface area (Å²) in [7, 11) is 1.77. The summed E-state index contributed by atoms with van der Waals surface area (Å²) in [5.41, 5.74) is 0.203. The van der Waals surface area contributed by atoms with E-state index < -0.39 is 18.4 Å². The van der Waals surface area contributed by atoms with E-state index in [2.05, 4.69) is 20.7 Å². The zero-order valence-electron chi connectivity index (χ0n) is 17.0. The molecule has 168 valence electrons. The molecule has 11 heteroatoms. The number of rotatable bonds is 8. The van der Waals surface area contributed by atoms with E-state index in [4.69, 9.17) is 4.74 Å². The van der Waals surface area contributed by atoms with Gasteiger partial charge in [-0.25, -0.2) is 4.99 Å². The van der Waals surface area contributed by atoms with Crippen molar-refractivity contribution < 1.29 is 23.0 Å². The highest BCUT2D eigenvalue weighted by Crippen LogP contribution is 2.20. The minimum absolute atomic E-state index is 0. The van der Waals surface area contributed by atoms with Crippen molar-refractivity contribution in [3.05, 3.63) is 47.8 Å². The van der Waals surface area contributed by atoms with Gasteiger partial charge in [-0.2, -0.15) is 18.3 Å². The fraction of sp³-hybridized carbons (Fsp3) is 0.474. The molecule has 0 fully saturated rings. The molecule has 30 heavy (non-hydrogen) atoms. The highest BCUT2D eigenvalue weighted by molar-refractivity contribution is 14.0. The maximum Gasteiger partial charge on any atom is 0.422 e. The molecule has 7 nitrogen and oxygen atoms in total. The maximum atomic E-state index is 12.3. The van der Waals surface area contributed by atoms with Crippen LogP contribution >= 0.6 is 24.0 Å². The molecule has 0 saturated heterocycles. The van der Waals surface area contributed by atoms with Gasteiger partial charge in [0.25, 0.3) is 0 Å². The molecule has 2 rings (SSSR count). The molecule has 1 unspecified atom stereocenters. The summed E-state index contributed by atoms with van der Waals surface area (Å²) in [5.74, 6) is 0.603. The fourth-order valence-electron chi connectivity index (χ4n) is 2.47. The van der Waals surface area contributed by atoms with Gasteiger partial charge in [0, 0.05) is 25.4 Å². The van der Waals surface area contributed by atoms with Gasteiger partial charge < -0.3 is 20.5 Å². The summed E-state index contributed by atoms with van der Waals surface area (Å²) < 4.78 is 43.3. The summed E-state index contributed by atoms with van der Waals surface area (Å²) in [5, 5.41) is 20.9. The van der Waals surface area contributed by atoms with Crippen LogP contribution < -0.4 is 15.4 Å². The van der Waals surface area contributed by atoms with Crippen LogP contribution in [0.1, 0.15) is 25.0 Å². The number of hydrogen-bond acceptors (Lipinski definition) is 4. The van der Waals surface area contributed by atoms with Crippen LogP contribution in [0.5, 0.6) is 5.75 Å². The molecule has 0 bridgehead atoms. The molecule has 1 atom stereocenters. The molecule has 1 heterocycles. The van der Waals surface area contributed by atoms with Gasteiger partial charge in [-0.05, 0) is 31.5 Å². The highest BCUT2D eigenvalue weighted by Gasteiger charge is 2.28. The Morgan fingerprint density at radius 3 is 2.63 bits per heavy atom. The zero-order valence-corrected chi connectivity index (χ0v) is 19.4. The summed E-state index contributed by atoms with van der Waals surface area (Å²) in [6, 6.07) is 6.35. The SMILES string of the molecule is CCNC(=NCc1cccc(OCC(F)(F)F)c1)NCC(C)(O)c1cnn(C)c1.I. The molecule has 3 N–H and O–H groups in total. The van der Waals surface area contributed by atoms with Gasteiger partial charge in [0.2, 0.25) is 0 Å². The average molecular weight is 541 g/mol. The lowest BCUT2D eigenvalue weighted by Gasteiger charge is -2.23. The van der Waals surface area contributed by atoms with Crippen LogP contribution in [0.4, 0.5) is 13.2 Å². The lowest BCUT2D eigenvalue weighted by Crippen LogP contribution is -2.44. The van der Waals surface area contributed by atoms with Gasteiger partial charge >= 0.3 is 6.18 Å². The Labute approximate surface area is 190 Å². The Hall–Kier alpha value is -2.02. The molecule has 0 aliphatic carbocycles. The summed E-state index contributed by atoms with van der Waals surface area (Å²) in [6.45, 7) is 3.26. The van der Waals surface area contributed by atoms with Crippen LogP contribution in [-0.4, -0.2) is 46.7 Å². The first kappa shape index (κ1) is 26.0. The first-order valence-corrected chi connectivity index (χ1v) is 9.11. The molecule has 0 aliphatic rings. The first-order chi connectivity index (χ1) is 13.6. The smallest absolute Gasteiger partial charge is 0.422 e. The van der Waals surface area contributed by atoms with E-state index in [0.717, 1.165) is 0 Å². The van der Waals surface area contributed by atoms with Crippen molar-refractivity contribution >= 4 is 29.9 Å². The number of guanidine groups is 1. The number of aliphatic hydroxyl groups is 1. The van der Waals surface area contributed by atoms with Crippen molar-refractivity contribution in [3.63, 3.8) is 0 Å². The minimum atomic E-state index is -4.39. The van der Waals surface area contributed by atoms with E-state index >= 15 is 0 Å². The van der Waals surface area contributed by atoms with E-state index in [9.17, 15) is 18.3 Å². The van der Waals surface area contributed by atoms with E-state index in [1.807, 2.05) is 6.92 Å². The van der Waals surface area contributed by atoms with E-state index in [0.29, 0.717) is 23.6 Å². The lowest BCUT2D eigenvalue weighted by atomic mass is 10.00. The molecule has 2 aromatic rings. The van der Waals surface area contributed by atoms with Crippen molar-refractivity contribution in [2.45, 2.75) is 32.2 Å². The van der Waals surface area contributed by atoms with Crippen LogP contribution in [0, 0.1) is 0 Å². The minimum Gasteiger partial charge on any atom is -0.484 e. The van der Waals surface area contributed by atoms with Crippen LogP contribution in [0.15, 0.2) is 41.7 Å². The van der Waals surface area contributed by atoms with Gasteiger partial charge in [-0.3, -0.25) is 4.68 Å². The monoisotopic (exact) mass is 541 g/mol. The van der Waals surface area contributed by atoms with Gasteiger partial charge in [0.05, 0.1) is 19.3 Å². The molecule has 0 amide bonds. The Kier molecular flexibility index (Phi) is 9.88. The van der Waals surface area contributed by atoms with Crippen LogP contribution in [0.3, 0.4) is 0 Å².